The van der Waals surface area contributed by atoms with Crippen molar-refractivity contribution < 1.29 is 8.78 Å². The van der Waals surface area contributed by atoms with E-state index in [2.05, 4.69) is 19.2 Å². The van der Waals surface area contributed by atoms with Gasteiger partial charge in [-0.25, -0.2) is 8.78 Å². The molecule has 0 amide bonds. The lowest BCUT2D eigenvalue weighted by Crippen LogP contribution is -2.28. The predicted molar refractivity (Wildman–Crippen MR) is 74.1 cm³/mol. The highest BCUT2D eigenvalue weighted by atomic mass is 32.2. The summed E-state index contributed by atoms with van der Waals surface area (Å²) in [4.78, 5) is 0.535. The van der Waals surface area contributed by atoms with Crippen LogP contribution in [-0.4, -0.2) is 18.3 Å². The van der Waals surface area contributed by atoms with Crippen molar-refractivity contribution in [3.8, 4) is 0 Å². The van der Waals surface area contributed by atoms with E-state index in [-0.39, 0.29) is 0 Å². The highest BCUT2D eigenvalue weighted by molar-refractivity contribution is 7.99. The van der Waals surface area contributed by atoms with Gasteiger partial charge in [0.1, 0.15) is 11.6 Å². The van der Waals surface area contributed by atoms with Crippen molar-refractivity contribution >= 4 is 11.8 Å². The Balaban J connectivity index is 2.29. The van der Waals surface area contributed by atoms with E-state index in [4.69, 9.17) is 0 Å². The molecule has 0 bridgehead atoms. The van der Waals surface area contributed by atoms with Crippen LogP contribution < -0.4 is 5.32 Å². The molecule has 1 atom stereocenters. The molecule has 0 heterocycles. The average molecular weight is 273 g/mol. The minimum absolute atomic E-state index is 0.460. The number of benzene rings is 1. The molecule has 1 aromatic carbocycles. The number of hydrogen-bond acceptors (Lipinski definition) is 2. The van der Waals surface area contributed by atoms with E-state index < -0.39 is 11.6 Å². The second kappa shape index (κ2) is 8.48. The highest BCUT2D eigenvalue weighted by Gasteiger charge is 2.06. The van der Waals surface area contributed by atoms with Crippen molar-refractivity contribution in [2.24, 2.45) is 0 Å². The Morgan fingerprint density at radius 1 is 1.28 bits per heavy atom. The first-order valence-corrected chi connectivity index (χ1v) is 7.47. The van der Waals surface area contributed by atoms with Crippen LogP contribution in [0.4, 0.5) is 8.78 Å². The van der Waals surface area contributed by atoms with Crippen molar-refractivity contribution in [3.05, 3.63) is 29.8 Å². The summed E-state index contributed by atoms with van der Waals surface area (Å²) in [6, 6.07) is 4.31. The third-order valence-corrected chi connectivity index (χ3v) is 3.97. The lowest BCUT2D eigenvalue weighted by molar-refractivity contribution is 0.477. The van der Waals surface area contributed by atoms with Crippen molar-refractivity contribution in [2.45, 2.75) is 44.0 Å². The topological polar surface area (TPSA) is 12.0 Å². The van der Waals surface area contributed by atoms with Crippen LogP contribution in [0.15, 0.2) is 23.1 Å². The summed E-state index contributed by atoms with van der Waals surface area (Å²) < 4.78 is 26.1. The van der Waals surface area contributed by atoms with Crippen LogP contribution in [0.1, 0.15) is 33.1 Å². The van der Waals surface area contributed by atoms with Crippen LogP contribution in [-0.2, 0) is 0 Å². The van der Waals surface area contributed by atoms with Gasteiger partial charge in [0.15, 0.2) is 0 Å². The van der Waals surface area contributed by atoms with Gasteiger partial charge in [-0.3, -0.25) is 0 Å². The molecule has 18 heavy (non-hydrogen) atoms. The molecule has 0 saturated heterocycles. The Hall–Kier alpha value is -0.610. The number of thioether (sulfide) groups is 1. The lowest BCUT2D eigenvalue weighted by atomic mass is 10.1. The van der Waals surface area contributed by atoms with Gasteiger partial charge >= 0.3 is 0 Å². The Morgan fingerprint density at radius 2 is 2.06 bits per heavy atom. The third kappa shape index (κ3) is 5.36. The Morgan fingerprint density at radius 3 is 2.67 bits per heavy atom. The van der Waals surface area contributed by atoms with Gasteiger partial charge < -0.3 is 5.32 Å². The summed E-state index contributed by atoms with van der Waals surface area (Å²) in [5.74, 6) is -0.112. The van der Waals surface area contributed by atoms with E-state index in [0.29, 0.717) is 10.9 Å². The van der Waals surface area contributed by atoms with Crippen LogP contribution in [0.5, 0.6) is 0 Å². The molecule has 1 aromatic rings. The number of nitrogens with one attached hydrogen (secondary N) is 1. The maximum Gasteiger partial charge on any atom is 0.139 e. The van der Waals surface area contributed by atoms with Crippen LogP contribution >= 0.6 is 11.8 Å². The molecule has 0 spiro atoms. The zero-order valence-corrected chi connectivity index (χ0v) is 11.8. The van der Waals surface area contributed by atoms with E-state index in [1.807, 2.05) is 0 Å². The first kappa shape index (κ1) is 15.4. The smallest absolute Gasteiger partial charge is 0.139 e. The van der Waals surface area contributed by atoms with E-state index in [1.165, 1.54) is 23.9 Å². The molecule has 1 rings (SSSR count). The lowest BCUT2D eigenvalue weighted by Gasteiger charge is -2.15. The first-order valence-electron chi connectivity index (χ1n) is 6.48. The molecule has 0 saturated carbocycles. The Labute approximate surface area is 112 Å². The summed E-state index contributed by atoms with van der Waals surface area (Å²) in [5, 5.41) is 3.42. The largest absolute Gasteiger partial charge is 0.314 e. The second-order valence-electron chi connectivity index (χ2n) is 4.23. The molecule has 0 radical (unpaired) electrons. The maximum atomic E-state index is 13.4. The predicted octanol–water partition coefficient (Wildman–Crippen LogP) is 4.23. The van der Waals surface area contributed by atoms with Gasteiger partial charge in [-0.15, -0.1) is 11.8 Å². The van der Waals surface area contributed by atoms with E-state index in [0.717, 1.165) is 37.6 Å². The molecule has 4 heteroatoms. The Bertz CT molecular complexity index is 358. The molecule has 1 nitrogen and oxygen atoms in total. The van der Waals surface area contributed by atoms with Crippen molar-refractivity contribution in [3.63, 3.8) is 0 Å². The average Bonchev–Trinajstić information content (AvgIpc) is 2.35. The third-order valence-electron chi connectivity index (χ3n) is 2.83. The van der Waals surface area contributed by atoms with Gasteiger partial charge in [-0.2, -0.15) is 0 Å². The minimum atomic E-state index is -0.518. The summed E-state index contributed by atoms with van der Waals surface area (Å²) in [6.45, 7) is 5.25. The van der Waals surface area contributed by atoms with Gasteiger partial charge in [0.2, 0.25) is 0 Å². The molecule has 0 aliphatic heterocycles. The number of hydrogen-bond donors (Lipinski definition) is 1. The fourth-order valence-electron chi connectivity index (χ4n) is 1.84. The maximum absolute atomic E-state index is 13.4. The molecule has 0 aromatic heterocycles. The van der Waals surface area contributed by atoms with E-state index in [1.54, 1.807) is 0 Å². The van der Waals surface area contributed by atoms with E-state index in [9.17, 15) is 8.78 Å². The molecular weight excluding hydrogens is 252 g/mol. The minimum Gasteiger partial charge on any atom is -0.314 e. The normalized spacial score (nSPS) is 12.7. The first-order chi connectivity index (χ1) is 8.67. The van der Waals surface area contributed by atoms with Gasteiger partial charge in [0, 0.05) is 17.0 Å². The number of halogens is 2. The van der Waals surface area contributed by atoms with Crippen molar-refractivity contribution in [1.29, 1.82) is 0 Å². The van der Waals surface area contributed by atoms with Crippen LogP contribution in [0, 0.1) is 11.6 Å². The van der Waals surface area contributed by atoms with Gasteiger partial charge in [-0.05, 0) is 43.7 Å². The van der Waals surface area contributed by atoms with Gasteiger partial charge in [0.25, 0.3) is 0 Å². The molecule has 1 unspecified atom stereocenters. The summed E-state index contributed by atoms with van der Waals surface area (Å²) in [6.07, 6.45) is 3.25. The quantitative estimate of drug-likeness (QED) is 0.562. The molecule has 1 N–H and O–H groups in total. The van der Waals surface area contributed by atoms with Crippen LogP contribution in [0.3, 0.4) is 0 Å². The van der Waals surface area contributed by atoms with Crippen molar-refractivity contribution in [1.82, 2.24) is 5.32 Å². The van der Waals surface area contributed by atoms with Crippen LogP contribution in [0.25, 0.3) is 0 Å². The fraction of sp³-hybridized carbons (Fsp3) is 0.571. The zero-order valence-electron chi connectivity index (χ0n) is 11.0. The fourth-order valence-corrected chi connectivity index (χ4v) is 2.74. The highest BCUT2D eigenvalue weighted by Crippen LogP contribution is 2.23. The molecular formula is C14H21F2NS. The molecule has 0 aliphatic carbocycles. The number of rotatable bonds is 8. The molecule has 102 valence electrons. The SMILES string of the molecule is CCNC(CC)CCCSc1ccc(F)cc1F. The van der Waals surface area contributed by atoms with Crippen LogP contribution in [0.2, 0.25) is 0 Å². The monoisotopic (exact) mass is 273 g/mol. The standard InChI is InChI=1S/C14H21F2NS/c1-3-12(17-4-2)6-5-9-18-14-8-7-11(15)10-13(14)16/h7-8,10,12,17H,3-6,9H2,1-2H3. The molecule has 0 aliphatic rings. The second-order valence-corrected chi connectivity index (χ2v) is 5.37. The zero-order chi connectivity index (χ0) is 13.4. The van der Waals surface area contributed by atoms with Crippen molar-refractivity contribution in [2.75, 3.05) is 12.3 Å². The van der Waals surface area contributed by atoms with Gasteiger partial charge in [0.05, 0.1) is 0 Å². The summed E-state index contributed by atoms with van der Waals surface area (Å²) >= 11 is 1.46. The van der Waals surface area contributed by atoms with E-state index >= 15 is 0 Å². The summed E-state index contributed by atoms with van der Waals surface area (Å²) in [5.41, 5.74) is 0. The Kier molecular flexibility index (Phi) is 7.28. The molecule has 0 fully saturated rings. The van der Waals surface area contributed by atoms with Gasteiger partial charge in [-0.1, -0.05) is 13.8 Å². The summed E-state index contributed by atoms with van der Waals surface area (Å²) in [7, 11) is 0.